The molecular formula is C18H20N2O6. The van der Waals surface area contributed by atoms with Crippen molar-refractivity contribution in [2.24, 2.45) is 0 Å². The van der Waals surface area contributed by atoms with Crippen LogP contribution in [0.1, 0.15) is 10.4 Å². The first kappa shape index (κ1) is 19.0. The molecule has 2 rings (SSSR count). The van der Waals surface area contributed by atoms with Gasteiger partial charge in [0.2, 0.25) is 0 Å². The lowest BCUT2D eigenvalue weighted by molar-refractivity contribution is -0.384. The van der Waals surface area contributed by atoms with Gasteiger partial charge in [0.1, 0.15) is 24.7 Å². The molecule has 0 spiro atoms. The van der Waals surface area contributed by atoms with Crippen LogP contribution in [0, 0.1) is 10.1 Å². The molecule has 8 nitrogen and oxygen atoms in total. The number of hydrogen-bond donors (Lipinski definition) is 0. The molecule has 0 unspecified atom stereocenters. The predicted octanol–water partition coefficient (Wildman–Crippen LogP) is 2.91. The van der Waals surface area contributed by atoms with Crippen LogP contribution in [-0.4, -0.2) is 45.3 Å². The molecule has 26 heavy (non-hydrogen) atoms. The molecular weight excluding hydrogens is 340 g/mol. The van der Waals surface area contributed by atoms with Crippen LogP contribution in [0.15, 0.2) is 42.5 Å². The molecule has 0 aliphatic rings. The number of anilines is 1. The smallest absolute Gasteiger partial charge is 0.340 e. The van der Waals surface area contributed by atoms with Gasteiger partial charge in [-0.05, 0) is 30.3 Å². The average molecular weight is 360 g/mol. The van der Waals surface area contributed by atoms with E-state index in [9.17, 15) is 14.9 Å². The zero-order valence-corrected chi connectivity index (χ0v) is 14.8. The number of non-ortho nitro benzene ring substituents is 1. The molecule has 0 aliphatic heterocycles. The highest BCUT2D eigenvalue weighted by Gasteiger charge is 2.19. The first-order valence-corrected chi connectivity index (χ1v) is 7.82. The van der Waals surface area contributed by atoms with E-state index in [0.29, 0.717) is 17.2 Å². The number of rotatable bonds is 8. The summed E-state index contributed by atoms with van der Waals surface area (Å²) in [4.78, 5) is 24.4. The number of ether oxygens (including phenoxy) is 3. The molecule has 0 saturated heterocycles. The molecule has 0 aromatic heterocycles. The van der Waals surface area contributed by atoms with Crippen molar-refractivity contribution < 1.29 is 23.9 Å². The Morgan fingerprint density at radius 2 is 1.73 bits per heavy atom. The molecule has 0 N–H and O–H groups in total. The summed E-state index contributed by atoms with van der Waals surface area (Å²) in [6, 6.07) is 11.1. The lowest BCUT2D eigenvalue weighted by Crippen LogP contribution is -2.17. The van der Waals surface area contributed by atoms with E-state index in [4.69, 9.17) is 14.2 Å². The maximum absolute atomic E-state index is 12.3. The van der Waals surface area contributed by atoms with Gasteiger partial charge in [0, 0.05) is 26.2 Å². The van der Waals surface area contributed by atoms with Gasteiger partial charge in [0.05, 0.1) is 23.3 Å². The molecule has 0 aliphatic carbocycles. The Morgan fingerprint density at radius 1 is 1.08 bits per heavy atom. The van der Waals surface area contributed by atoms with E-state index in [1.165, 1.54) is 18.2 Å². The molecule has 0 heterocycles. The minimum atomic E-state index is -0.643. The summed E-state index contributed by atoms with van der Waals surface area (Å²) in [7, 11) is 5.06. The van der Waals surface area contributed by atoms with Gasteiger partial charge in [-0.15, -0.1) is 0 Å². The van der Waals surface area contributed by atoms with Crippen molar-refractivity contribution in [2.75, 3.05) is 39.3 Å². The van der Waals surface area contributed by atoms with Crippen LogP contribution in [0.2, 0.25) is 0 Å². The van der Waals surface area contributed by atoms with Gasteiger partial charge in [-0.25, -0.2) is 4.79 Å². The second kappa shape index (κ2) is 8.70. The molecule has 0 radical (unpaired) electrons. The highest BCUT2D eigenvalue weighted by atomic mass is 16.6. The maximum atomic E-state index is 12.3. The summed E-state index contributed by atoms with van der Waals surface area (Å²) >= 11 is 0. The zero-order chi connectivity index (χ0) is 19.1. The predicted molar refractivity (Wildman–Crippen MR) is 96.2 cm³/mol. The summed E-state index contributed by atoms with van der Waals surface area (Å²) in [6.07, 6.45) is 0. The van der Waals surface area contributed by atoms with Gasteiger partial charge >= 0.3 is 5.97 Å². The number of hydrogen-bond acceptors (Lipinski definition) is 7. The molecule has 0 amide bonds. The average Bonchev–Trinajstić information content (AvgIpc) is 2.64. The van der Waals surface area contributed by atoms with Crippen LogP contribution >= 0.6 is 0 Å². The van der Waals surface area contributed by atoms with E-state index in [0.717, 1.165) is 0 Å². The monoisotopic (exact) mass is 360 g/mol. The fourth-order valence-electron chi connectivity index (χ4n) is 2.23. The first-order valence-electron chi connectivity index (χ1n) is 7.82. The number of benzene rings is 2. The fraction of sp³-hybridized carbons (Fsp3) is 0.278. The summed E-state index contributed by atoms with van der Waals surface area (Å²) in [6.45, 7) is 0.171. The molecule has 0 fully saturated rings. The van der Waals surface area contributed by atoms with E-state index in [2.05, 4.69) is 0 Å². The van der Waals surface area contributed by atoms with Crippen molar-refractivity contribution >= 4 is 17.3 Å². The fourth-order valence-corrected chi connectivity index (χ4v) is 2.23. The van der Waals surface area contributed by atoms with Gasteiger partial charge in [-0.1, -0.05) is 0 Å². The van der Waals surface area contributed by atoms with Gasteiger partial charge in [0.25, 0.3) is 5.69 Å². The number of nitrogens with zero attached hydrogens (tertiary/aromatic N) is 2. The Hall–Kier alpha value is -3.29. The topological polar surface area (TPSA) is 91.1 Å². The highest BCUT2D eigenvalue weighted by Crippen LogP contribution is 2.25. The first-order chi connectivity index (χ1) is 12.4. The summed E-state index contributed by atoms with van der Waals surface area (Å²) in [5, 5.41) is 10.9. The molecule has 0 saturated carbocycles. The highest BCUT2D eigenvalue weighted by molar-refractivity contribution is 5.96. The Labute approximate surface area is 151 Å². The lowest BCUT2D eigenvalue weighted by atomic mass is 10.1. The minimum Gasteiger partial charge on any atom is -0.497 e. The lowest BCUT2D eigenvalue weighted by Gasteiger charge is -2.16. The molecule has 138 valence electrons. The van der Waals surface area contributed by atoms with E-state index < -0.39 is 10.9 Å². The van der Waals surface area contributed by atoms with Crippen molar-refractivity contribution in [2.45, 2.75) is 0 Å². The standard InChI is InChI=1S/C18H20N2O6/c1-19(2)17-9-4-13(20(22)23)12-16(17)18(21)26-11-10-25-15-7-5-14(24-3)6-8-15/h4-9,12H,10-11H2,1-3H3. The molecule has 2 aromatic rings. The van der Waals surface area contributed by atoms with Crippen molar-refractivity contribution in [3.63, 3.8) is 0 Å². The van der Waals surface area contributed by atoms with Crippen LogP contribution in [0.25, 0.3) is 0 Å². The summed E-state index contributed by atoms with van der Waals surface area (Å²) in [5.74, 6) is 0.688. The second-order valence-electron chi connectivity index (χ2n) is 5.51. The van der Waals surface area contributed by atoms with E-state index in [1.54, 1.807) is 50.4 Å². The van der Waals surface area contributed by atoms with E-state index >= 15 is 0 Å². The normalized spacial score (nSPS) is 10.1. The van der Waals surface area contributed by atoms with E-state index in [1.807, 2.05) is 0 Å². The second-order valence-corrected chi connectivity index (χ2v) is 5.51. The van der Waals surface area contributed by atoms with Crippen molar-refractivity contribution in [3.8, 4) is 11.5 Å². The Morgan fingerprint density at radius 3 is 2.31 bits per heavy atom. The van der Waals surface area contributed by atoms with Crippen LogP contribution in [0.3, 0.4) is 0 Å². The Kier molecular flexibility index (Phi) is 6.37. The molecule has 8 heteroatoms. The molecule has 2 aromatic carbocycles. The number of nitro groups is 1. The minimum absolute atomic E-state index is 0.0143. The number of carbonyl (C=O) groups excluding carboxylic acids is 1. The zero-order valence-electron chi connectivity index (χ0n) is 14.8. The van der Waals surface area contributed by atoms with E-state index in [-0.39, 0.29) is 24.5 Å². The number of methoxy groups -OCH3 is 1. The third-order valence-electron chi connectivity index (χ3n) is 3.54. The van der Waals surface area contributed by atoms with Gasteiger partial charge in [-0.3, -0.25) is 10.1 Å². The van der Waals surface area contributed by atoms with Crippen molar-refractivity contribution in [3.05, 3.63) is 58.1 Å². The Bertz CT molecular complexity index is 774. The van der Waals surface area contributed by atoms with Crippen molar-refractivity contribution in [1.29, 1.82) is 0 Å². The largest absolute Gasteiger partial charge is 0.497 e. The van der Waals surface area contributed by atoms with Crippen LogP contribution in [0.5, 0.6) is 11.5 Å². The van der Waals surface area contributed by atoms with Crippen molar-refractivity contribution in [1.82, 2.24) is 0 Å². The van der Waals surface area contributed by atoms with Crippen LogP contribution in [-0.2, 0) is 4.74 Å². The van der Waals surface area contributed by atoms with Gasteiger partial charge in [-0.2, -0.15) is 0 Å². The molecule has 0 bridgehead atoms. The van der Waals surface area contributed by atoms with Crippen LogP contribution in [0.4, 0.5) is 11.4 Å². The summed E-state index contributed by atoms with van der Waals surface area (Å²) in [5.41, 5.74) is 0.502. The summed E-state index contributed by atoms with van der Waals surface area (Å²) < 4.78 is 15.7. The SMILES string of the molecule is COc1ccc(OCCOC(=O)c2cc([N+](=O)[O-])ccc2N(C)C)cc1. The quantitative estimate of drug-likeness (QED) is 0.309. The number of carbonyl (C=O) groups is 1. The Balaban J connectivity index is 1.96. The maximum Gasteiger partial charge on any atom is 0.340 e. The third-order valence-corrected chi connectivity index (χ3v) is 3.54. The number of esters is 1. The number of nitro benzene ring substituents is 1. The third kappa shape index (κ3) is 4.85. The molecule has 0 atom stereocenters. The van der Waals surface area contributed by atoms with Gasteiger partial charge in [0.15, 0.2) is 0 Å². The van der Waals surface area contributed by atoms with Gasteiger partial charge < -0.3 is 19.1 Å². The van der Waals surface area contributed by atoms with Crippen LogP contribution < -0.4 is 14.4 Å².